The van der Waals surface area contributed by atoms with Crippen LogP contribution in [-0.2, 0) is 115 Å². The van der Waals surface area contributed by atoms with Gasteiger partial charge in [0.25, 0.3) is 0 Å². The van der Waals surface area contributed by atoms with Gasteiger partial charge in [0.05, 0.1) is 18.9 Å². The van der Waals surface area contributed by atoms with Crippen LogP contribution in [0.2, 0.25) is 0 Å². The Morgan fingerprint density at radius 2 is 0.661 bits per heavy atom. The van der Waals surface area contributed by atoms with Crippen LogP contribution in [0.15, 0.2) is 84.9 Å². The van der Waals surface area contributed by atoms with Crippen molar-refractivity contribution in [2.75, 3.05) is 12.3 Å². The number of aromatic hydroxyl groups is 1. The van der Waals surface area contributed by atoms with Gasteiger partial charge in [-0.1, -0.05) is 107 Å². The third-order valence-electron chi connectivity index (χ3n) is 19.3. The number of amides is 14. The predicted molar refractivity (Wildman–Crippen MR) is 439 cm³/mol. The van der Waals surface area contributed by atoms with Crippen LogP contribution < -0.4 is 86.3 Å². The Balaban J connectivity index is 2.04. The van der Waals surface area contributed by atoms with E-state index in [0.717, 1.165) is 0 Å². The van der Waals surface area contributed by atoms with Crippen LogP contribution in [0.3, 0.4) is 0 Å². The number of thiol groups is 1. The van der Waals surface area contributed by atoms with Gasteiger partial charge in [0.15, 0.2) is 0 Å². The summed E-state index contributed by atoms with van der Waals surface area (Å²) in [5.41, 5.74) is 18.4. The number of aliphatic carboxylic acids is 6. The maximum Gasteiger partial charge on any atom is 0.326 e. The molecule has 0 saturated heterocycles. The summed E-state index contributed by atoms with van der Waals surface area (Å²) in [5.74, 6) is -28.3. The number of unbranched alkanes of at least 4 members (excludes halogenated alkanes) is 1. The van der Waals surface area contributed by atoms with Crippen molar-refractivity contribution in [3.63, 3.8) is 0 Å². The van der Waals surface area contributed by atoms with Crippen LogP contribution >= 0.6 is 12.6 Å². The maximum atomic E-state index is 14.9. The average Bonchev–Trinajstić information content (AvgIpc) is 0.846. The molecule has 14 amide bonds. The summed E-state index contributed by atoms with van der Waals surface area (Å²) < 4.78 is 0. The lowest BCUT2D eigenvalue weighted by Crippen LogP contribution is -2.62. The minimum absolute atomic E-state index is 0.00276. The summed E-state index contributed by atoms with van der Waals surface area (Å²) in [6.07, 6.45) is -10.9. The topological polar surface area (TPSA) is 738 Å². The highest BCUT2D eigenvalue weighted by molar-refractivity contribution is 7.80. The Kier molecular flexibility index (Phi) is 45.7. The predicted octanol–water partition coefficient (Wildman–Crippen LogP) is -4.91. The second-order valence-electron chi connectivity index (χ2n) is 29.6. The number of nitrogens with one attached hydrogen (secondary N) is 13. The van der Waals surface area contributed by atoms with Crippen LogP contribution in [0.25, 0.3) is 0 Å². The molecule has 45 heteroatoms. The number of carboxylic acid groups (broad SMARTS) is 6. The highest BCUT2D eigenvalue weighted by Gasteiger charge is 2.40. The number of carboxylic acids is 6. The quantitative estimate of drug-likeness (QED) is 0.0186. The van der Waals surface area contributed by atoms with E-state index in [9.17, 15) is 132 Å². The molecule has 0 radical (unpaired) electrons. The molecular weight excluding hydrogens is 1650 g/mol. The smallest absolute Gasteiger partial charge is 0.326 e. The molecule has 0 aliphatic heterocycles. The number of phenols is 1. The number of hydrogen-bond acceptors (Lipinski definition) is 25. The van der Waals surface area contributed by atoms with Gasteiger partial charge in [0.1, 0.15) is 90.3 Å². The van der Waals surface area contributed by atoms with Crippen molar-refractivity contribution in [1.82, 2.24) is 69.1 Å². The number of benzene rings is 3. The van der Waals surface area contributed by atoms with Crippen LogP contribution in [0.4, 0.5) is 0 Å². The molecule has 0 unspecified atom stereocenters. The zero-order valence-corrected chi connectivity index (χ0v) is 69.6. The summed E-state index contributed by atoms with van der Waals surface area (Å²) in [7, 11) is 0. The molecule has 3 rings (SSSR count). The summed E-state index contributed by atoms with van der Waals surface area (Å²) in [4.78, 5) is 269. The highest BCUT2D eigenvalue weighted by atomic mass is 32.1. The number of carbonyl (C=O) groups excluding carboxylic acids is 14. The molecule has 27 N–H and O–H groups in total. The second kappa shape index (κ2) is 53.8. The summed E-state index contributed by atoms with van der Waals surface area (Å²) in [6.45, 7) is 7.56. The molecule has 0 saturated carbocycles. The third kappa shape index (κ3) is 38.4. The largest absolute Gasteiger partial charge is 0.508 e. The van der Waals surface area contributed by atoms with Crippen molar-refractivity contribution < 1.29 is 137 Å². The first kappa shape index (κ1) is 105. The number of primary amides is 1. The lowest BCUT2D eigenvalue weighted by molar-refractivity contribution is -0.148. The fraction of sp³-hybridized carbons (Fsp3) is 0.519. The van der Waals surface area contributed by atoms with Gasteiger partial charge >= 0.3 is 35.8 Å². The molecule has 0 aliphatic carbocycles. The van der Waals surface area contributed by atoms with Gasteiger partial charge in [0, 0.05) is 50.7 Å². The molecule has 0 heterocycles. The SMILES string of the molecule is CC[C@H](C)[C@H](NC(=O)[C@H](Cc1ccc(O)cc1)NC(=O)[C@@H](N)[C@@H](C)O)C(=O)N[C@@H](CS)C(=O)N[C@@H](Cc1ccccc1)C(=O)N[C@H](C(=O)N[C@@H](CCC(=O)O)C(=O)N[C@@H](Cc1ccccc1)C(=O)N[C@@H](CCC(N)=O)C(=O)N[C@@H](CCCCN)C(=O)N[C@@H](CCC(=O)O)C(=O)N[C@@H](CCC(=O)O)C(=O)N[C@@H](CC(=O)O)C(=O)N[C@@H](CC(=O)O)C(=O)O)C(C)C. The van der Waals surface area contributed by atoms with Gasteiger partial charge in [-0.05, 0) is 99.1 Å². The standard InChI is InChI=1S/C79H112N16O28S/c1-6-40(4)65(95-74(117)53(91-76(119)63(82)41(5)96)35-44-20-22-45(97)23-21-44)78(121)93-56(38-124)75(118)89-52(34-43-17-11-8-12-18-43)73(116)94-64(39(2)3)77(120)87-50(27-31-60(103)104)70(113)88-51(33-42-15-9-7-10-16-42)71(114)86-47(24-28-57(81)98)67(110)83-46(19-13-14-32-80)66(109)84-48(25-29-58(99)100)68(111)85-49(26-30-59(101)102)69(112)90-54(36-61(105)106)72(115)92-55(79(122)123)37-62(107)108/h7-12,15-18,20-23,39-41,46-56,63-65,96-97,124H,6,13-14,19,24-38,80,82H2,1-5H3,(H2,81,98)(H,83,110)(H,84,109)(H,85,111)(H,86,114)(H,87,120)(H,88,113)(H,89,118)(H,90,112)(H,91,119)(H,92,115)(H,93,121)(H,94,116)(H,95,117)(H,99,100)(H,101,102)(H,103,104)(H,105,106)(H,107,108)(H,122,123)/t40-,41+,46-,47-,48-,49-,50-,51-,52-,53-,54-,55-,56-,63-,64-,65-/m0/s1. The molecule has 0 fully saturated rings. The van der Waals surface area contributed by atoms with Gasteiger partial charge in [0.2, 0.25) is 82.7 Å². The van der Waals surface area contributed by atoms with E-state index in [1.165, 1.54) is 57.2 Å². The molecule has 0 spiro atoms. The number of nitrogens with two attached hydrogens (primary N) is 3. The van der Waals surface area contributed by atoms with Gasteiger partial charge in [-0.25, -0.2) is 4.79 Å². The van der Waals surface area contributed by atoms with Gasteiger partial charge < -0.3 is 127 Å². The van der Waals surface area contributed by atoms with Crippen molar-refractivity contribution in [2.24, 2.45) is 29.0 Å². The fourth-order valence-corrected chi connectivity index (χ4v) is 12.3. The van der Waals surface area contributed by atoms with E-state index in [-0.39, 0.29) is 50.8 Å². The van der Waals surface area contributed by atoms with Crippen molar-refractivity contribution >= 4 is 131 Å². The number of phenolic OH excluding ortho intramolecular Hbond substituents is 1. The van der Waals surface area contributed by atoms with Gasteiger partial charge in [-0.2, -0.15) is 12.6 Å². The van der Waals surface area contributed by atoms with E-state index < -0.39 is 297 Å². The Bertz CT molecular complexity index is 4210. The third-order valence-corrected chi connectivity index (χ3v) is 19.6. The zero-order chi connectivity index (χ0) is 93.2. The number of aliphatic hydroxyl groups excluding tert-OH is 1. The van der Waals surface area contributed by atoms with Gasteiger partial charge in [-0.3, -0.25) is 91.1 Å². The molecule has 0 aromatic heterocycles. The Morgan fingerprint density at radius 3 is 1.02 bits per heavy atom. The highest BCUT2D eigenvalue weighted by Crippen LogP contribution is 2.18. The Labute approximate surface area is 717 Å². The van der Waals surface area contributed by atoms with E-state index in [0.29, 0.717) is 16.7 Å². The monoisotopic (exact) mass is 1760 g/mol. The van der Waals surface area contributed by atoms with E-state index in [4.69, 9.17) is 22.3 Å². The first-order chi connectivity index (χ1) is 58.4. The summed E-state index contributed by atoms with van der Waals surface area (Å²) in [5, 5.41) is 108. The molecule has 3 aromatic carbocycles. The van der Waals surface area contributed by atoms with Crippen molar-refractivity contribution in [1.29, 1.82) is 0 Å². The molecule has 0 bridgehead atoms. The first-order valence-corrected chi connectivity index (χ1v) is 40.2. The lowest BCUT2D eigenvalue weighted by Gasteiger charge is -2.30. The molecular formula is C79H112N16O28S. The number of aliphatic hydroxyl groups is 1. The van der Waals surface area contributed by atoms with E-state index in [1.54, 1.807) is 67.7 Å². The maximum absolute atomic E-state index is 14.9. The van der Waals surface area contributed by atoms with E-state index >= 15 is 0 Å². The van der Waals surface area contributed by atoms with Gasteiger partial charge in [-0.15, -0.1) is 0 Å². The van der Waals surface area contributed by atoms with Crippen molar-refractivity contribution in [3.05, 3.63) is 102 Å². The molecule has 3 aromatic rings. The second-order valence-corrected chi connectivity index (χ2v) is 30.0. The fourth-order valence-electron chi connectivity index (χ4n) is 12.0. The Morgan fingerprint density at radius 1 is 0.355 bits per heavy atom. The van der Waals surface area contributed by atoms with Crippen LogP contribution in [0.5, 0.6) is 5.75 Å². The van der Waals surface area contributed by atoms with E-state index in [1.807, 2.05) is 5.32 Å². The minimum Gasteiger partial charge on any atom is -0.508 e. The molecule has 124 heavy (non-hydrogen) atoms. The normalized spacial score (nSPS) is 14.9. The van der Waals surface area contributed by atoms with Crippen molar-refractivity contribution in [2.45, 2.75) is 234 Å². The van der Waals surface area contributed by atoms with Crippen molar-refractivity contribution in [3.8, 4) is 5.75 Å². The lowest BCUT2D eigenvalue weighted by atomic mass is 9.96. The number of hydrogen-bond donors (Lipinski definition) is 25. The van der Waals surface area contributed by atoms with Crippen LogP contribution in [0, 0.1) is 11.8 Å². The van der Waals surface area contributed by atoms with Crippen LogP contribution in [0.1, 0.15) is 141 Å². The molecule has 682 valence electrons. The Hall–Kier alpha value is -12.9. The first-order valence-electron chi connectivity index (χ1n) is 39.5. The molecule has 16 atom stereocenters. The molecule has 0 aliphatic rings. The number of rotatable bonds is 58. The summed E-state index contributed by atoms with van der Waals surface area (Å²) in [6, 6.07) is -3.27. The summed E-state index contributed by atoms with van der Waals surface area (Å²) >= 11 is 4.34. The van der Waals surface area contributed by atoms with Crippen LogP contribution in [-0.4, -0.2) is 262 Å². The minimum atomic E-state index is -2.22. The molecule has 44 nitrogen and oxygen atoms in total. The number of carbonyl (C=O) groups is 20. The average molecular weight is 1770 g/mol. The van der Waals surface area contributed by atoms with E-state index in [2.05, 4.69) is 71.1 Å². The zero-order valence-electron chi connectivity index (χ0n) is 68.8.